The summed E-state index contributed by atoms with van der Waals surface area (Å²) in [5, 5.41) is 4.33. The Labute approximate surface area is 152 Å². The lowest BCUT2D eigenvalue weighted by atomic mass is 10.2. The van der Waals surface area contributed by atoms with Crippen LogP contribution in [0.4, 0.5) is 4.39 Å². The van der Waals surface area contributed by atoms with E-state index in [0.29, 0.717) is 13.1 Å². The number of hydrogen-bond acceptors (Lipinski definition) is 4. The summed E-state index contributed by atoms with van der Waals surface area (Å²) >= 11 is 1.67. The molecule has 1 aromatic carbocycles. The van der Waals surface area contributed by atoms with Crippen molar-refractivity contribution >= 4 is 17.3 Å². The standard InChI is InChI=1S/C18H25FN4OS/c1-6-20-18(21-10-17-12(2)22-13(3)25-17)23(4)11-14-7-8-16(24-5)15(19)9-14/h7-9H,6,10-11H2,1-5H3,(H,20,21). The number of benzene rings is 1. The third-order valence-electron chi connectivity index (χ3n) is 3.70. The highest BCUT2D eigenvalue weighted by Gasteiger charge is 2.10. The van der Waals surface area contributed by atoms with Gasteiger partial charge in [-0.25, -0.2) is 14.4 Å². The van der Waals surface area contributed by atoms with Crippen LogP contribution in [0.5, 0.6) is 5.75 Å². The number of hydrogen-bond donors (Lipinski definition) is 1. The topological polar surface area (TPSA) is 49.8 Å². The third kappa shape index (κ3) is 5.16. The molecule has 0 spiro atoms. The van der Waals surface area contributed by atoms with Gasteiger partial charge in [0.1, 0.15) is 0 Å². The Balaban J connectivity index is 2.11. The van der Waals surface area contributed by atoms with Crippen LogP contribution < -0.4 is 10.1 Å². The summed E-state index contributed by atoms with van der Waals surface area (Å²) < 4.78 is 18.8. The molecule has 0 aliphatic rings. The maximum atomic E-state index is 13.9. The number of halogens is 1. The van der Waals surface area contributed by atoms with E-state index in [-0.39, 0.29) is 11.6 Å². The minimum absolute atomic E-state index is 0.253. The molecule has 0 aliphatic carbocycles. The van der Waals surface area contributed by atoms with E-state index in [1.165, 1.54) is 13.2 Å². The van der Waals surface area contributed by atoms with E-state index in [2.05, 4.69) is 10.3 Å². The van der Waals surface area contributed by atoms with Crippen molar-refractivity contribution in [3.05, 3.63) is 45.2 Å². The van der Waals surface area contributed by atoms with Crippen LogP contribution in [0, 0.1) is 19.7 Å². The number of methoxy groups -OCH3 is 1. The highest BCUT2D eigenvalue weighted by atomic mass is 32.1. The molecular weight excluding hydrogens is 339 g/mol. The molecule has 1 aromatic heterocycles. The Hall–Kier alpha value is -2.15. The zero-order valence-corrected chi connectivity index (χ0v) is 16.2. The number of nitrogens with one attached hydrogen (secondary N) is 1. The van der Waals surface area contributed by atoms with Gasteiger partial charge in [-0.05, 0) is 38.5 Å². The molecule has 0 atom stereocenters. The van der Waals surface area contributed by atoms with Gasteiger partial charge in [0, 0.05) is 25.0 Å². The summed E-state index contributed by atoms with van der Waals surface area (Å²) in [5.74, 6) is 0.679. The normalized spacial score (nSPS) is 11.5. The van der Waals surface area contributed by atoms with Gasteiger partial charge in [-0.1, -0.05) is 6.07 Å². The second-order valence-electron chi connectivity index (χ2n) is 5.74. The number of aliphatic imine (C=N–C) groups is 1. The minimum atomic E-state index is -0.355. The van der Waals surface area contributed by atoms with Crippen molar-refractivity contribution in [2.24, 2.45) is 4.99 Å². The molecule has 25 heavy (non-hydrogen) atoms. The van der Waals surface area contributed by atoms with Gasteiger partial charge >= 0.3 is 0 Å². The molecule has 1 heterocycles. The van der Waals surface area contributed by atoms with E-state index in [9.17, 15) is 4.39 Å². The van der Waals surface area contributed by atoms with E-state index >= 15 is 0 Å². The second-order valence-corrected chi connectivity index (χ2v) is 7.02. The Morgan fingerprint density at radius 3 is 2.72 bits per heavy atom. The Kier molecular flexibility index (Phi) is 6.75. The molecule has 2 aromatic rings. The molecule has 136 valence electrons. The number of aryl methyl sites for hydroxylation is 2. The van der Waals surface area contributed by atoms with Gasteiger partial charge in [-0.3, -0.25) is 0 Å². The predicted molar refractivity (Wildman–Crippen MR) is 101 cm³/mol. The van der Waals surface area contributed by atoms with Crippen LogP contribution in [-0.2, 0) is 13.1 Å². The van der Waals surface area contributed by atoms with Gasteiger partial charge < -0.3 is 15.0 Å². The van der Waals surface area contributed by atoms with Crippen LogP contribution >= 0.6 is 11.3 Å². The van der Waals surface area contributed by atoms with E-state index in [1.54, 1.807) is 17.4 Å². The molecule has 0 fully saturated rings. The lowest BCUT2D eigenvalue weighted by Gasteiger charge is -2.22. The van der Waals surface area contributed by atoms with E-state index in [0.717, 1.165) is 33.6 Å². The van der Waals surface area contributed by atoms with Crippen molar-refractivity contribution in [2.45, 2.75) is 33.9 Å². The van der Waals surface area contributed by atoms with Crippen LogP contribution in [-0.4, -0.2) is 36.5 Å². The SMILES string of the molecule is CCNC(=NCc1sc(C)nc1C)N(C)Cc1ccc(OC)c(F)c1. The third-order valence-corrected chi connectivity index (χ3v) is 4.76. The van der Waals surface area contributed by atoms with Crippen LogP contribution in [0.25, 0.3) is 0 Å². The molecule has 7 heteroatoms. The lowest BCUT2D eigenvalue weighted by molar-refractivity contribution is 0.385. The van der Waals surface area contributed by atoms with Gasteiger partial charge in [0.2, 0.25) is 0 Å². The first-order valence-corrected chi connectivity index (χ1v) is 9.01. The molecule has 2 rings (SSSR count). The smallest absolute Gasteiger partial charge is 0.194 e. The zero-order valence-electron chi connectivity index (χ0n) is 15.4. The lowest BCUT2D eigenvalue weighted by Crippen LogP contribution is -2.38. The summed E-state index contributed by atoms with van der Waals surface area (Å²) in [6, 6.07) is 5.00. The fraction of sp³-hybridized carbons (Fsp3) is 0.444. The molecule has 1 N–H and O–H groups in total. The van der Waals surface area contributed by atoms with Crippen molar-refractivity contribution in [1.82, 2.24) is 15.2 Å². The molecule has 0 bridgehead atoms. The maximum absolute atomic E-state index is 13.9. The van der Waals surface area contributed by atoms with Gasteiger partial charge in [-0.15, -0.1) is 11.3 Å². The fourth-order valence-electron chi connectivity index (χ4n) is 2.49. The predicted octanol–water partition coefficient (Wildman–Crippen LogP) is 3.51. The number of rotatable bonds is 6. The molecular formula is C18H25FN4OS. The van der Waals surface area contributed by atoms with E-state index < -0.39 is 0 Å². The van der Waals surface area contributed by atoms with E-state index in [1.807, 2.05) is 38.8 Å². The first-order chi connectivity index (χ1) is 11.9. The first-order valence-electron chi connectivity index (χ1n) is 8.19. The number of thiazole rings is 1. The maximum Gasteiger partial charge on any atom is 0.194 e. The van der Waals surface area contributed by atoms with Crippen molar-refractivity contribution in [3.63, 3.8) is 0 Å². The highest BCUT2D eigenvalue weighted by molar-refractivity contribution is 7.11. The Morgan fingerprint density at radius 2 is 2.16 bits per heavy atom. The molecule has 0 radical (unpaired) electrons. The van der Waals surface area contributed by atoms with Gasteiger partial charge in [-0.2, -0.15) is 0 Å². The zero-order chi connectivity index (χ0) is 18.4. The second kappa shape index (κ2) is 8.80. The van der Waals surface area contributed by atoms with Gasteiger partial charge in [0.15, 0.2) is 17.5 Å². The van der Waals surface area contributed by atoms with E-state index in [4.69, 9.17) is 9.73 Å². The number of nitrogens with zero attached hydrogens (tertiary/aromatic N) is 3. The van der Waals surface area contributed by atoms with Gasteiger partial charge in [0.05, 0.1) is 24.4 Å². The summed E-state index contributed by atoms with van der Waals surface area (Å²) in [5.41, 5.74) is 1.89. The number of aromatic nitrogens is 1. The van der Waals surface area contributed by atoms with Crippen LogP contribution in [0.15, 0.2) is 23.2 Å². The largest absolute Gasteiger partial charge is 0.494 e. The molecule has 0 unspecified atom stereocenters. The molecule has 0 saturated carbocycles. The van der Waals surface area contributed by atoms with Crippen LogP contribution in [0.2, 0.25) is 0 Å². The molecule has 0 amide bonds. The fourth-order valence-corrected chi connectivity index (χ4v) is 3.36. The average molecular weight is 364 g/mol. The molecule has 5 nitrogen and oxygen atoms in total. The first kappa shape index (κ1) is 19.2. The highest BCUT2D eigenvalue weighted by Crippen LogP contribution is 2.19. The summed E-state index contributed by atoms with van der Waals surface area (Å²) in [7, 11) is 3.40. The minimum Gasteiger partial charge on any atom is -0.494 e. The Morgan fingerprint density at radius 1 is 1.40 bits per heavy atom. The monoisotopic (exact) mass is 364 g/mol. The van der Waals surface area contributed by atoms with Crippen LogP contribution in [0.1, 0.15) is 28.1 Å². The number of guanidine groups is 1. The van der Waals surface area contributed by atoms with Gasteiger partial charge in [0.25, 0.3) is 0 Å². The summed E-state index contributed by atoms with van der Waals surface area (Å²) in [4.78, 5) is 12.3. The van der Waals surface area contributed by atoms with Crippen molar-refractivity contribution in [2.75, 3.05) is 20.7 Å². The van der Waals surface area contributed by atoms with Crippen molar-refractivity contribution in [1.29, 1.82) is 0 Å². The Bertz CT molecular complexity index is 745. The summed E-state index contributed by atoms with van der Waals surface area (Å²) in [6.45, 7) is 7.93. The van der Waals surface area contributed by atoms with Crippen molar-refractivity contribution < 1.29 is 9.13 Å². The quantitative estimate of drug-likeness (QED) is 0.630. The average Bonchev–Trinajstić information content (AvgIpc) is 2.89. The molecule has 0 aliphatic heterocycles. The van der Waals surface area contributed by atoms with Crippen molar-refractivity contribution in [3.8, 4) is 5.75 Å². The summed E-state index contributed by atoms with van der Waals surface area (Å²) in [6.07, 6.45) is 0. The van der Waals surface area contributed by atoms with Crippen LogP contribution in [0.3, 0.4) is 0 Å². The number of ether oxygens (including phenoxy) is 1. The molecule has 0 saturated heterocycles.